The average Bonchev–Trinajstić information content (AvgIpc) is 2.85. The lowest BCUT2D eigenvalue weighted by Crippen LogP contribution is -2.11. The Hall–Kier alpha value is -1.53. The summed E-state index contributed by atoms with van der Waals surface area (Å²) in [6.45, 7) is 1.93. The molecule has 0 amide bonds. The number of halogens is 1. The summed E-state index contributed by atoms with van der Waals surface area (Å²) < 4.78 is 13.8. The van der Waals surface area contributed by atoms with Crippen LogP contribution in [0, 0.1) is 5.82 Å². The van der Waals surface area contributed by atoms with E-state index in [9.17, 15) is 4.39 Å². The highest BCUT2D eigenvalue weighted by atomic mass is 32.1. The van der Waals surface area contributed by atoms with Crippen molar-refractivity contribution in [3.63, 3.8) is 0 Å². The zero-order chi connectivity index (χ0) is 13.1. The summed E-state index contributed by atoms with van der Waals surface area (Å²) in [6, 6.07) is 4.62. The number of hydrogen-bond donors (Lipinski definition) is 2. The Balaban J connectivity index is 2.17. The van der Waals surface area contributed by atoms with Gasteiger partial charge in [0, 0.05) is 17.1 Å². The standard InChI is InChI=1S/C12H12FN3S2/c1-7(12-15-4-5-18-12)16-10-3-2-8(11(14)17)6-9(10)13/h2-7,16H,1H3,(H2,14,17). The molecule has 1 heterocycles. The zero-order valence-electron chi connectivity index (χ0n) is 9.68. The third-order valence-electron chi connectivity index (χ3n) is 2.45. The van der Waals surface area contributed by atoms with E-state index >= 15 is 0 Å². The summed E-state index contributed by atoms with van der Waals surface area (Å²) in [6.07, 6.45) is 1.73. The predicted molar refractivity (Wildman–Crippen MR) is 76.4 cm³/mol. The molecule has 0 aliphatic carbocycles. The van der Waals surface area contributed by atoms with E-state index < -0.39 is 0 Å². The minimum Gasteiger partial charge on any atom is -0.389 e. The number of hydrogen-bond acceptors (Lipinski definition) is 4. The third-order valence-corrected chi connectivity index (χ3v) is 3.64. The molecule has 1 atom stereocenters. The molecule has 2 aromatic rings. The average molecular weight is 281 g/mol. The van der Waals surface area contributed by atoms with E-state index in [0.29, 0.717) is 11.3 Å². The number of thiazole rings is 1. The highest BCUT2D eigenvalue weighted by Crippen LogP contribution is 2.23. The van der Waals surface area contributed by atoms with Crippen LogP contribution in [-0.4, -0.2) is 9.97 Å². The molecule has 0 saturated carbocycles. The van der Waals surface area contributed by atoms with Gasteiger partial charge in [-0.3, -0.25) is 0 Å². The molecule has 94 valence electrons. The smallest absolute Gasteiger partial charge is 0.147 e. The lowest BCUT2D eigenvalue weighted by Gasteiger charge is -2.14. The van der Waals surface area contributed by atoms with Crippen LogP contribution in [0.2, 0.25) is 0 Å². The highest BCUT2D eigenvalue weighted by Gasteiger charge is 2.11. The highest BCUT2D eigenvalue weighted by molar-refractivity contribution is 7.80. The molecule has 18 heavy (non-hydrogen) atoms. The zero-order valence-corrected chi connectivity index (χ0v) is 11.3. The maximum absolute atomic E-state index is 13.8. The molecular formula is C12H12FN3S2. The van der Waals surface area contributed by atoms with Crippen LogP contribution in [0.25, 0.3) is 0 Å². The molecule has 0 aliphatic rings. The molecule has 2 rings (SSSR count). The van der Waals surface area contributed by atoms with Crippen LogP contribution < -0.4 is 11.1 Å². The SMILES string of the molecule is CC(Nc1ccc(C(N)=S)cc1F)c1nccs1. The van der Waals surface area contributed by atoms with E-state index in [1.807, 2.05) is 12.3 Å². The summed E-state index contributed by atoms with van der Waals surface area (Å²) >= 11 is 6.33. The lowest BCUT2D eigenvalue weighted by atomic mass is 10.2. The fourth-order valence-corrected chi connectivity index (χ4v) is 2.30. The molecule has 1 unspecified atom stereocenters. The first-order valence-electron chi connectivity index (χ1n) is 5.33. The molecule has 0 fully saturated rings. The van der Waals surface area contributed by atoms with Crippen LogP contribution in [0.5, 0.6) is 0 Å². The van der Waals surface area contributed by atoms with Crippen molar-refractivity contribution in [3.05, 3.63) is 46.2 Å². The number of rotatable bonds is 4. The molecule has 0 spiro atoms. The molecule has 1 aromatic carbocycles. The second kappa shape index (κ2) is 5.41. The van der Waals surface area contributed by atoms with E-state index in [1.165, 1.54) is 17.4 Å². The summed E-state index contributed by atoms with van der Waals surface area (Å²) in [5.74, 6) is -0.372. The summed E-state index contributed by atoms with van der Waals surface area (Å²) in [5.41, 5.74) is 6.38. The van der Waals surface area contributed by atoms with Gasteiger partial charge >= 0.3 is 0 Å². The van der Waals surface area contributed by atoms with E-state index in [1.54, 1.807) is 18.3 Å². The van der Waals surface area contributed by atoms with Crippen LogP contribution in [0.3, 0.4) is 0 Å². The van der Waals surface area contributed by atoms with Gasteiger partial charge in [-0.05, 0) is 25.1 Å². The second-order valence-electron chi connectivity index (χ2n) is 3.80. The van der Waals surface area contributed by atoms with Crippen LogP contribution >= 0.6 is 23.6 Å². The molecule has 0 radical (unpaired) electrons. The van der Waals surface area contributed by atoms with E-state index in [-0.39, 0.29) is 16.8 Å². The quantitative estimate of drug-likeness (QED) is 0.846. The third kappa shape index (κ3) is 2.83. The summed E-state index contributed by atoms with van der Waals surface area (Å²) in [7, 11) is 0. The van der Waals surface area contributed by atoms with Gasteiger partial charge in [-0.1, -0.05) is 12.2 Å². The van der Waals surface area contributed by atoms with Crippen molar-refractivity contribution in [3.8, 4) is 0 Å². The van der Waals surface area contributed by atoms with E-state index in [0.717, 1.165) is 5.01 Å². The Morgan fingerprint density at radius 1 is 1.56 bits per heavy atom. The van der Waals surface area contributed by atoms with Crippen molar-refractivity contribution in [2.45, 2.75) is 13.0 Å². The van der Waals surface area contributed by atoms with Gasteiger partial charge in [-0.2, -0.15) is 0 Å². The van der Waals surface area contributed by atoms with Gasteiger partial charge in [0.1, 0.15) is 15.8 Å². The predicted octanol–water partition coefficient (Wildman–Crippen LogP) is 3.09. The number of nitrogens with zero attached hydrogens (tertiary/aromatic N) is 1. The molecule has 0 bridgehead atoms. The van der Waals surface area contributed by atoms with Gasteiger partial charge in [-0.15, -0.1) is 11.3 Å². The number of thiocarbonyl (C=S) groups is 1. The van der Waals surface area contributed by atoms with Crippen molar-refractivity contribution in [2.24, 2.45) is 5.73 Å². The first-order valence-corrected chi connectivity index (χ1v) is 6.62. The number of benzene rings is 1. The molecule has 0 aliphatic heterocycles. The Labute approximate surface area is 114 Å². The second-order valence-corrected chi connectivity index (χ2v) is 5.16. The summed E-state index contributed by atoms with van der Waals surface area (Å²) in [5, 5.41) is 5.87. The Kier molecular flexibility index (Phi) is 3.88. The van der Waals surface area contributed by atoms with Gasteiger partial charge in [0.25, 0.3) is 0 Å². The van der Waals surface area contributed by atoms with Crippen LogP contribution in [-0.2, 0) is 0 Å². The van der Waals surface area contributed by atoms with Crippen molar-refractivity contribution >= 4 is 34.2 Å². The molecule has 1 aromatic heterocycles. The van der Waals surface area contributed by atoms with E-state index in [4.69, 9.17) is 18.0 Å². The van der Waals surface area contributed by atoms with Crippen molar-refractivity contribution < 1.29 is 4.39 Å². The fourth-order valence-electron chi connectivity index (χ4n) is 1.53. The normalized spacial score (nSPS) is 12.1. The minimum absolute atomic E-state index is 0.0461. The number of nitrogens with two attached hydrogens (primary N) is 1. The van der Waals surface area contributed by atoms with Crippen LogP contribution in [0.15, 0.2) is 29.8 Å². The van der Waals surface area contributed by atoms with Crippen molar-refractivity contribution in [2.75, 3.05) is 5.32 Å². The molecular weight excluding hydrogens is 269 g/mol. The minimum atomic E-state index is -0.372. The maximum Gasteiger partial charge on any atom is 0.147 e. The lowest BCUT2D eigenvalue weighted by molar-refractivity contribution is 0.627. The molecule has 0 saturated heterocycles. The van der Waals surface area contributed by atoms with Gasteiger partial charge in [0.05, 0.1) is 11.7 Å². The van der Waals surface area contributed by atoms with Gasteiger partial charge in [-0.25, -0.2) is 9.37 Å². The molecule has 3 N–H and O–H groups in total. The maximum atomic E-state index is 13.8. The number of anilines is 1. The topological polar surface area (TPSA) is 50.9 Å². The van der Waals surface area contributed by atoms with Crippen LogP contribution in [0.1, 0.15) is 23.5 Å². The fraction of sp³-hybridized carbons (Fsp3) is 0.167. The van der Waals surface area contributed by atoms with Crippen molar-refractivity contribution in [1.29, 1.82) is 0 Å². The van der Waals surface area contributed by atoms with E-state index in [2.05, 4.69) is 10.3 Å². The number of nitrogens with one attached hydrogen (secondary N) is 1. The Morgan fingerprint density at radius 3 is 2.89 bits per heavy atom. The van der Waals surface area contributed by atoms with Gasteiger partial charge in [0.2, 0.25) is 0 Å². The first kappa shape index (κ1) is 12.9. The Morgan fingerprint density at radius 2 is 2.33 bits per heavy atom. The summed E-state index contributed by atoms with van der Waals surface area (Å²) in [4.78, 5) is 4.37. The molecule has 6 heteroatoms. The first-order chi connectivity index (χ1) is 8.58. The largest absolute Gasteiger partial charge is 0.389 e. The van der Waals surface area contributed by atoms with Crippen molar-refractivity contribution in [1.82, 2.24) is 4.98 Å². The van der Waals surface area contributed by atoms with Gasteiger partial charge in [0.15, 0.2) is 0 Å². The van der Waals surface area contributed by atoms with Gasteiger partial charge < -0.3 is 11.1 Å². The Bertz CT molecular complexity index is 554. The van der Waals surface area contributed by atoms with Crippen LogP contribution in [0.4, 0.5) is 10.1 Å². The monoisotopic (exact) mass is 281 g/mol. The number of aromatic nitrogens is 1. The molecule has 3 nitrogen and oxygen atoms in total.